The van der Waals surface area contributed by atoms with Gasteiger partial charge in [0.2, 0.25) is 11.8 Å². The summed E-state index contributed by atoms with van der Waals surface area (Å²) in [5.41, 5.74) is 0. The fraction of sp³-hybridized carbons (Fsp3) is 0.750. The maximum atomic E-state index is 12.1. The minimum Gasteiger partial charge on any atom is -0.550 e. The van der Waals surface area contributed by atoms with Crippen molar-refractivity contribution in [1.82, 2.24) is 4.90 Å². The molecule has 0 radical (unpaired) electrons. The zero-order chi connectivity index (χ0) is 12.2. The number of aliphatic carboxylic acids is 1. The molecule has 2 amide bonds. The number of carbonyl (C=O) groups excluding carboxylic acids is 3. The molecule has 2 saturated carbocycles. The average Bonchev–Trinajstić information content (AvgIpc) is 2.92. The average molecular weight is 236 g/mol. The van der Waals surface area contributed by atoms with Gasteiger partial charge in [-0.3, -0.25) is 14.5 Å². The van der Waals surface area contributed by atoms with E-state index in [1.165, 1.54) is 0 Å². The maximum absolute atomic E-state index is 12.1. The molecule has 1 heterocycles. The second-order valence-electron chi connectivity index (χ2n) is 5.33. The van der Waals surface area contributed by atoms with Crippen molar-refractivity contribution >= 4 is 17.8 Å². The van der Waals surface area contributed by atoms with Gasteiger partial charge in [-0.05, 0) is 31.1 Å². The van der Waals surface area contributed by atoms with Crippen LogP contribution in [0.25, 0.3) is 0 Å². The van der Waals surface area contributed by atoms with Gasteiger partial charge in [-0.25, -0.2) is 0 Å². The highest BCUT2D eigenvalue weighted by molar-refractivity contribution is 6.06. The molecule has 17 heavy (non-hydrogen) atoms. The van der Waals surface area contributed by atoms with Gasteiger partial charge in [0.15, 0.2) is 0 Å². The lowest BCUT2D eigenvalue weighted by Crippen LogP contribution is -2.36. The van der Waals surface area contributed by atoms with Crippen LogP contribution in [0.3, 0.4) is 0 Å². The van der Waals surface area contributed by atoms with E-state index >= 15 is 0 Å². The molecule has 1 saturated heterocycles. The third kappa shape index (κ3) is 1.41. The maximum Gasteiger partial charge on any atom is 0.233 e. The van der Waals surface area contributed by atoms with Gasteiger partial charge in [0.05, 0.1) is 11.8 Å². The summed E-state index contributed by atoms with van der Waals surface area (Å²) in [7, 11) is 0. The van der Waals surface area contributed by atoms with E-state index in [2.05, 4.69) is 0 Å². The number of carboxylic acid groups (broad SMARTS) is 1. The molecule has 0 aromatic heterocycles. The van der Waals surface area contributed by atoms with Crippen molar-refractivity contribution in [3.63, 3.8) is 0 Å². The van der Waals surface area contributed by atoms with Crippen molar-refractivity contribution in [2.45, 2.75) is 25.7 Å². The highest BCUT2D eigenvalue weighted by Gasteiger charge is 2.60. The van der Waals surface area contributed by atoms with Gasteiger partial charge in [0, 0.05) is 18.9 Å². The Bertz CT molecular complexity index is 377. The van der Waals surface area contributed by atoms with Crippen LogP contribution in [-0.4, -0.2) is 29.2 Å². The van der Waals surface area contributed by atoms with E-state index in [1.807, 2.05) is 0 Å². The number of amides is 2. The lowest BCUT2D eigenvalue weighted by Gasteiger charge is -2.19. The Labute approximate surface area is 98.8 Å². The zero-order valence-corrected chi connectivity index (χ0v) is 9.43. The lowest BCUT2D eigenvalue weighted by atomic mass is 9.81. The molecular weight excluding hydrogens is 222 g/mol. The first-order valence-corrected chi connectivity index (χ1v) is 6.14. The summed E-state index contributed by atoms with van der Waals surface area (Å²) in [5.74, 6) is -1.10. The monoisotopic (exact) mass is 236 g/mol. The standard InChI is InChI=1S/C12H15NO4/c14-8(15)3-4-13-11(16)9-6-1-2-7(5-6)10(9)12(13)17/h6-7,9-10H,1-5H2,(H,14,15)/p-1/t6-,7+,9-,10-/m1/s1. The predicted octanol–water partition coefficient (Wildman–Crippen LogP) is -0.842. The molecule has 5 heteroatoms. The van der Waals surface area contributed by atoms with Gasteiger partial charge in [0.1, 0.15) is 0 Å². The molecule has 0 aromatic carbocycles. The first kappa shape index (κ1) is 10.7. The second kappa shape index (κ2) is 3.55. The summed E-state index contributed by atoms with van der Waals surface area (Å²) in [4.78, 5) is 35.7. The van der Waals surface area contributed by atoms with Gasteiger partial charge in [0.25, 0.3) is 0 Å². The van der Waals surface area contributed by atoms with Crippen LogP contribution in [0.15, 0.2) is 0 Å². The lowest BCUT2D eigenvalue weighted by molar-refractivity contribution is -0.305. The van der Waals surface area contributed by atoms with E-state index in [0.29, 0.717) is 11.8 Å². The largest absolute Gasteiger partial charge is 0.550 e. The zero-order valence-electron chi connectivity index (χ0n) is 9.43. The molecular formula is C12H14NO4-. The Kier molecular flexibility index (Phi) is 2.24. The molecule has 92 valence electrons. The van der Waals surface area contributed by atoms with E-state index in [-0.39, 0.29) is 36.6 Å². The van der Waals surface area contributed by atoms with Crippen molar-refractivity contribution < 1.29 is 19.5 Å². The molecule has 0 N–H and O–H groups in total. The number of carbonyl (C=O) groups is 3. The number of hydrogen-bond donors (Lipinski definition) is 0. The molecule has 2 bridgehead atoms. The Balaban J connectivity index is 1.78. The molecule has 0 spiro atoms. The van der Waals surface area contributed by atoms with E-state index in [4.69, 9.17) is 0 Å². The molecule has 5 nitrogen and oxygen atoms in total. The molecule has 0 unspecified atom stereocenters. The van der Waals surface area contributed by atoms with Crippen LogP contribution in [0.2, 0.25) is 0 Å². The summed E-state index contributed by atoms with van der Waals surface area (Å²) in [5, 5.41) is 10.4. The number of hydrogen-bond acceptors (Lipinski definition) is 4. The smallest absolute Gasteiger partial charge is 0.233 e. The highest BCUT2D eigenvalue weighted by Crippen LogP contribution is 2.56. The van der Waals surface area contributed by atoms with Crippen LogP contribution in [0, 0.1) is 23.7 Å². The SMILES string of the molecule is O=C([O-])CCN1C(=O)[C@@H]2[C@@H]3CC[C@@H](C3)[C@H]2C1=O. The Morgan fingerprint density at radius 2 is 1.71 bits per heavy atom. The van der Waals surface area contributed by atoms with Gasteiger partial charge in [-0.15, -0.1) is 0 Å². The Morgan fingerprint density at radius 3 is 2.18 bits per heavy atom. The van der Waals surface area contributed by atoms with E-state index in [9.17, 15) is 19.5 Å². The first-order valence-electron chi connectivity index (χ1n) is 6.14. The topological polar surface area (TPSA) is 77.5 Å². The van der Waals surface area contributed by atoms with Crippen molar-refractivity contribution in [3.05, 3.63) is 0 Å². The summed E-state index contributed by atoms with van der Waals surface area (Å²) in [6.45, 7) is -0.0214. The minimum absolute atomic E-state index is 0.0214. The number of nitrogens with zero attached hydrogens (tertiary/aromatic N) is 1. The van der Waals surface area contributed by atoms with Crippen LogP contribution in [0.4, 0.5) is 0 Å². The first-order chi connectivity index (χ1) is 8.09. The molecule has 3 rings (SSSR count). The van der Waals surface area contributed by atoms with Crippen LogP contribution >= 0.6 is 0 Å². The summed E-state index contributed by atoms with van der Waals surface area (Å²) >= 11 is 0. The van der Waals surface area contributed by atoms with Crippen LogP contribution < -0.4 is 5.11 Å². The minimum atomic E-state index is -1.22. The summed E-state index contributed by atoms with van der Waals surface area (Å²) in [6.07, 6.45) is 2.83. The fourth-order valence-electron chi connectivity index (χ4n) is 3.89. The van der Waals surface area contributed by atoms with Crippen LogP contribution in [0.1, 0.15) is 25.7 Å². The summed E-state index contributed by atoms with van der Waals surface area (Å²) in [6, 6.07) is 0. The summed E-state index contributed by atoms with van der Waals surface area (Å²) < 4.78 is 0. The number of carboxylic acids is 1. The number of fused-ring (bicyclic) bond motifs is 5. The molecule has 4 atom stereocenters. The van der Waals surface area contributed by atoms with Gasteiger partial charge >= 0.3 is 0 Å². The highest BCUT2D eigenvalue weighted by atomic mass is 16.4. The van der Waals surface area contributed by atoms with Crippen LogP contribution in [0.5, 0.6) is 0 Å². The molecule has 3 aliphatic rings. The van der Waals surface area contributed by atoms with Crippen molar-refractivity contribution in [1.29, 1.82) is 0 Å². The van der Waals surface area contributed by atoms with Gasteiger partial charge in [-0.1, -0.05) is 0 Å². The van der Waals surface area contributed by atoms with E-state index in [0.717, 1.165) is 24.2 Å². The molecule has 1 aliphatic heterocycles. The molecule has 0 aromatic rings. The Morgan fingerprint density at radius 1 is 1.18 bits per heavy atom. The fourth-order valence-corrected chi connectivity index (χ4v) is 3.89. The van der Waals surface area contributed by atoms with Crippen molar-refractivity contribution in [2.75, 3.05) is 6.54 Å². The van der Waals surface area contributed by atoms with Gasteiger partial charge < -0.3 is 9.90 Å². The van der Waals surface area contributed by atoms with Crippen LogP contribution in [-0.2, 0) is 14.4 Å². The quantitative estimate of drug-likeness (QED) is 0.598. The number of likely N-dealkylation sites (tertiary alicyclic amines) is 1. The number of rotatable bonds is 3. The normalized spacial score (nSPS) is 38.9. The van der Waals surface area contributed by atoms with E-state index in [1.54, 1.807) is 0 Å². The third-order valence-electron chi connectivity index (χ3n) is 4.56. The molecule has 3 fully saturated rings. The van der Waals surface area contributed by atoms with Crippen molar-refractivity contribution in [3.8, 4) is 0 Å². The van der Waals surface area contributed by atoms with E-state index < -0.39 is 5.97 Å². The predicted molar refractivity (Wildman–Crippen MR) is 54.2 cm³/mol. The third-order valence-corrected chi connectivity index (χ3v) is 4.56. The van der Waals surface area contributed by atoms with Crippen molar-refractivity contribution in [2.24, 2.45) is 23.7 Å². The number of imide groups is 1. The van der Waals surface area contributed by atoms with Gasteiger partial charge in [-0.2, -0.15) is 0 Å². The Hall–Kier alpha value is -1.39. The second-order valence-corrected chi connectivity index (χ2v) is 5.33. The molecule has 2 aliphatic carbocycles.